The van der Waals surface area contributed by atoms with Crippen LogP contribution >= 0.6 is 27.3 Å². The second kappa shape index (κ2) is 4.86. The normalized spacial score (nSPS) is 29.8. The number of hydrogen-bond donors (Lipinski definition) is 1. The Morgan fingerprint density at radius 2 is 2.29 bits per heavy atom. The molecule has 17 heavy (non-hydrogen) atoms. The molecular weight excluding hydrogens is 298 g/mol. The van der Waals surface area contributed by atoms with E-state index in [2.05, 4.69) is 36.5 Å². The molecule has 0 amide bonds. The fraction of sp³-hybridized carbons (Fsp3) is 0.750. The Balaban J connectivity index is 1.74. The van der Waals surface area contributed by atoms with Gasteiger partial charge in [0.2, 0.25) is 0 Å². The summed E-state index contributed by atoms with van der Waals surface area (Å²) in [6, 6.07) is 0. The van der Waals surface area contributed by atoms with Gasteiger partial charge >= 0.3 is 0 Å². The van der Waals surface area contributed by atoms with Crippen molar-refractivity contribution in [3.8, 4) is 0 Å². The highest BCUT2D eigenvalue weighted by Crippen LogP contribution is 2.38. The van der Waals surface area contributed by atoms with Gasteiger partial charge in [0.05, 0.1) is 0 Å². The number of piperidine rings is 2. The predicted molar refractivity (Wildman–Crippen MR) is 75.8 cm³/mol. The summed E-state index contributed by atoms with van der Waals surface area (Å²) in [5.74, 6) is 0. The maximum Gasteiger partial charge on any atom is 0.186 e. The predicted octanol–water partition coefficient (Wildman–Crippen LogP) is 2.88. The first-order chi connectivity index (χ1) is 8.27. The molecule has 2 aliphatic rings. The third-order valence-electron chi connectivity index (χ3n) is 3.96. The van der Waals surface area contributed by atoms with Crippen LogP contribution in [0.2, 0.25) is 0 Å². The Morgan fingerprint density at radius 1 is 1.41 bits per heavy atom. The minimum absolute atomic E-state index is 0.509. The van der Waals surface area contributed by atoms with Gasteiger partial charge < -0.3 is 10.2 Å². The van der Waals surface area contributed by atoms with Gasteiger partial charge in [-0.3, -0.25) is 0 Å². The molecule has 0 aromatic carbocycles. The summed E-state index contributed by atoms with van der Waals surface area (Å²) in [5.41, 5.74) is 0.509. The Kier molecular flexibility index (Phi) is 3.41. The summed E-state index contributed by atoms with van der Waals surface area (Å²) in [6.07, 6.45) is 5.39. The van der Waals surface area contributed by atoms with E-state index in [0.717, 1.165) is 4.60 Å². The molecule has 5 heteroatoms. The molecule has 1 unspecified atom stereocenters. The molecular formula is C12H18BrN3S. The molecule has 0 saturated carbocycles. The Labute approximate surface area is 115 Å². The number of aromatic nitrogens is 1. The van der Waals surface area contributed by atoms with Crippen LogP contribution < -0.4 is 10.2 Å². The molecule has 3 nitrogen and oxygen atoms in total. The van der Waals surface area contributed by atoms with Crippen LogP contribution in [0.3, 0.4) is 0 Å². The summed E-state index contributed by atoms with van der Waals surface area (Å²) in [5, 5.41) is 6.83. The van der Waals surface area contributed by atoms with Crippen LogP contribution in [0.25, 0.3) is 0 Å². The highest BCUT2D eigenvalue weighted by Gasteiger charge is 2.37. The van der Waals surface area contributed by atoms with Crippen LogP contribution in [0, 0.1) is 5.41 Å². The highest BCUT2D eigenvalue weighted by atomic mass is 79.9. The number of halogens is 1. The molecule has 0 aliphatic carbocycles. The van der Waals surface area contributed by atoms with Gasteiger partial charge in [-0.15, -0.1) is 11.3 Å². The van der Waals surface area contributed by atoms with E-state index in [1.165, 1.54) is 57.0 Å². The van der Waals surface area contributed by atoms with Crippen LogP contribution in [-0.2, 0) is 0 Å². The molecule has 1 N–H and O–H groups in total. The molecule has 1 atom stereocenters. The van der Waals surface area contributed by atoms with Gasteiger partial charge in [-0.2, -0.15) is 0 Å². The number of thiazole rings is 1. The minimum atomic E-state index is 0.509. The van der Waals surface area contributed by atoms with Crippen molar-refractivity contribution in [1.29, 1.82) is 0 Å². The van der Waals surface area contributed by atoms with Crippen molar-refractivity contribution in [2.75, 3.05) is 31.1 Å². The molecule has 3 heterocycles. The quantitative estimate of drug-likeness (QED) is 0.863. The van der Waals surface area contributed by atoms with Gasteiger partial charge in [-0.1, -0.05) is 0 Å². The number of nitrogens with one attached hydrogen (secondary N) is 1. The second-order valence-corrected chi connectivity index (χ2v) is 6.91. The zero-order valence-corrected chi connectivity index (χ0v) is 12.3. The van der Waals surface area contributed by atoms with E-state index >= 15 is 0 Å². The first-order valence-electron chi connectivity index (χ1n) is 6.34. The van der Waals surface area contributed by atoms with E-state index in [-0.39, 0.29) is 0 Å². The summed E-state index contributed by atoms with van der Waals surface area (Å²) in [7, 11) is 0. The first-order valence-corrected chi connectivity index (χ1v) is 8.01. The largest absolute Gasteiger partial charge is 0.347 e. The summed E-state index contributed by atoms with van der Waals surface area (Å²) >= 11 is 5.20. The average Bonchev–Trinajstić information content (AvgIpc) is 2.77. The monoisotopic (exact) mass is 315 g/mol. The SMILES string of the molecule is Brc1csc(N2CCCC3(CCCNC3)C2)n1. The molecule has 3 rings (SSSR count). The van der Waals surface area contributed by atoms with Crippen molar-refractivity contribution in [3.63, 3.8) is 0 Å². The molecule has 1 spiro atoms. The topological polar surface area (TPSA) is 28.2 Å². The van der Waals surface area contributed by atoms with Crippen molar-refractivity contribution in [1.82, 2.24) is 10.3 Å². The first kappa shape index (κ1) is 11.9. The lowest BCUT2D eigenvalue weighted by Gasteiger charge is -2.45. The van der Waals surface area contributed by atoms with Crippen LogP contribution in [-0.4, -0.2) is 31.2 Å². The van der Waals surface area contributed by atoms with Gasteiger partial charge in [0.15, 0.2) is 5.13 Å². The average molecular weight is 316 g/mol. The van der Waals surface area contributed by atoms with Gasteiger partial charge in [-0.25, -0.2) is 4.98 Å². The standard InChI is InChI=1S/C12H18BrN3S/c13-10-7-17-11(15-10)16-6-2-4-12(9-16)3-1-5-14-8-12/h7,14H,1-6,8-9H2. The summed E-state index contributed by atoms with van der Waals surface area (Å²) in [4.78, 5) is 7.03. The van der Waals surface area contributed by atoms with E-state index in [0.29, 0.717) is 5.41 Å². The van der Waals surface area contributed by atoms with Crippen LogP contribution in [0.15, 0.2) is 9.98 Å². The van der Waals surface area contributed by atoms with Crippen LogP contribution in [0.4, 0.5) is 5.13 Å². The molecule has 2 fully saturated rings. The third kappa shape index (κ3) is 2.51. The summed E-state index contributed by atoms with van der Waals surface area (Å²) in [6.45, 7) is 4.74. The zero-order chi connectivity index (χ0) is 11.7. The number of nitrogens with zero attached hydrogens (tertiary/aromatic N) is 2. The van der Waals surface area contributed by atoms with E-state index in [1.54, 1.807) is 11.3 Å². The molecule has 1 aromatic rings. The van der Waals surface area contributed by atoms with Gasteiger partial charge in [0, 0.05) is 30.4 Å². The highest BCUT2D eigenvalue weighted by molar-refractivity contribution is 9.10. The Hall–Kier alpha value is -0.130. The molecule has 94 valence electrons. The lowest BCUT2D eigenvalue weighted by Crippen LogP contribution is -2.51. The van der Waals surface area contributed by atoms with E-state index < -0.39 is 0 Å². The van der Waals surface area contributed by atoms with Crippen LogP contribution in [0.5, 0.6) is 0 Å². The maximum absolute atomic E-state index is 4.55. The zero-order valence-electron chi connectivity index (χ0n) is 9.91. The molecule has 2 aliphatic heterocycles. The molecule has 2 saturated heterocycles. The van der Waals surface area contributed by atoms with Crippen molar-refractivity contribution in [3.05, 3.63) is 9.98 Å². The van der Waals surface area contributed by atoms with Gasteiger partial charge in [0.1, 0.15) is 4.60 Å². The maximum atomic E-state index is 4.55. The van der Waals surface area contributed by atoms with Crippen molar-refractivity contribution in [2.45, 2.75) is 25.7 Å². The minimum Gasteiger partial charge on any atom is -0.347 e. The molecule has 1 aromatic heterocycles. The molecule has 0 bridgehead atoms. The number of hydrogen-bond acceptors (Lipinski definition) is 4. The van der Waals surface area contributed by atoms with Gasteiger partial charge in [-0.05, 0) is 48.2 Å². The fourth-order valence-electron chi connectivity index (χ4n) is 3.14. The van der Waals surface area contributed by atoms with E-state index in [9.17, 15) is 0 Å². The Morgan fingerprint density at radius 3 is 3.00 bits per heavy atom. The lowest BCUT2D eigenvalue weighted by atomic mass is 9.74. The third-order valence-corrected chi connectivity index (χ3v) is 5.57. The number of rotatable bonds is 1. The van der Waals surface area contributed by atoms with Crippen molar-refractivity contribution in [2.24, 2.45) is 5.41 Å². The Bertz CT molecular complexity index is 381. The number of anilines is 1. The fourth-order valence-corrected chi connectivity index (χ4v) is 4.42. The molecule has 0 radical (unpaired) electrons. The van der Waals surface area contributed by atoms with E-state index in [4.69, 9.17) is 0 Å². The lowest BCUT2D eigenvalue weighted by molar-refractivity contribution is 0.173. The van der Waals surface area contributed by atoms with Crippen molar-refractivity contribution < 1.29 is 0 Å². The van der Waals surface area contributed by atoms with Crippen molar-refractivity contribution >= 4 is 32.4 Å². The van der Waals surface area contributed by atoms with Gasteiger partial charge in [0.25, 0.3) is 0 Å². The second-order valence-electron chi connectivity index (χ2n) is 5.26. The van der Waals surface area contributed by atoms with Crippen LogP contribution in [0.1, 0.15) is 25.7 Å². The van der Waals surface area contributed by atoms with E-state index in [1.807, 2.05) is 0 Å². The summed E-state index contributed by atoms with van der Waals surface area (Å²) < 4.78 is 0.971. The smallest absolute Gasteiger partial charge is 0.186 e.